The molecule has 1 aliphatic rings. The van der Waals surface area contributed by atoms with Crippen molar-refractivity contribution in [3.05, 3.63) is 35.4 Å². The average molecular weight is 444 g/mol. The first kappa shape index (κ1) is 20.2. The molecular formula is C15H20F3IN2O2. The van der Waals surface area contributed by atoms with Gasteiger partial charge in [0.1, 0.15) is 6.10 Å². The zero-order valence-electron chi connectivity index (χ0n) is 12.4. The van der Waals surface area contributed by atoms with E-state index in [4.69, 9.17) is 5.73 Å². The van der Waals surface area contributed by atoms with Gasteiger partial charge in [0, 0.05) is 6.54 Å². The van der Waals surface area contributed by atoms with Crippen LogP contribution in [-0.4, -0.2) is 35.1 Å². The van der Waals surface area contributed by atoms with E-state index >= 15 is 0 Å². The van der Waals surface area contributed by atoms with Crippen LogP contribution < -0.4 is 5.73 Å². The van der Waals surface area contributed by atoms with Crippen molar-refractivity contribution in [1.82, 2.24) is 4.90 Å². The monoisotopic (exact) mass is 444 g/mol. The van der Waals surface area contributed by atoms with Gasteiger partial charge >= 0.3 is 6.18 Å². The molecule has 0 radical (unpaired) electrons. The fourth-order valence-electron chi connectivity index (χ4n) is 2.76. The highest BCUT2D eigenvalue weighted by molar-refractivity contribution is 14.0. The summed E-state index contributed by atoms with van der Waals surface area (Å²) in [5.41, 5.74) is 5.02. The molecule has 1 aromatic rings. The number of rotatable bonds is 4. The number of hydrogen-bond donors (Lipinski definition) is 2. The van der Waals surface area contributed by atoms with E-state index in [-0.39, 0.29) is 29.9 Å². The fraction of sp³-hybridized carbons (Fsp3) is 0.533. The second kappa shape index (κ2) is 8.29. The molecule has 0 saturated carbocycles. The maximum atomic E-state index is 12.7. The van der Waals surface area contributed by atoms with Gasteiger partial charge in [0.2, 0.25) is 5.91 Å². The smallest absolute Gasteiger partial charge is 0.383 e. The minimum absolute atomic E-state index is 0. The number of alkyl halides is 3. The number of hydrogen-bond acceptors (Lipinski definition) is 3. The molecule has 130 valence electrons. The second-order valence-corrected chi connectivity index (χ2v) is 5.66. The summed E-state index contributed by atoms with van der Waals surface area (Å²) in [5, 5.41) is 9.64. The molecule has 4 nitrogen and oxygen atoms in total. The Hall–Kier alpha value is -0.870. The van der Waals surface area contributed by atoms with E-state index in [1.807, 2.05) is 4.90 Å². The summed E-state index contributed by atoms with van der Waals surface area (Å²) >= 11 is 0. The van der Waals surface area contributed by atoms with Crippen LogP contribution in [0.5, 0.6) is 0 Å². The molecular weight excluding hydrogens is 424 g/mol. The number of piperidine rings is 1. The zero-order valence-corrected chi connectivity index (χ0v) is 14.8. The lowest BCUT2D eigenvalue weighted by Gasteiger charge is -2.33. The summed E-state index contributed by atoms with van der Waals surface area (Å²) in [5.74, 6) is -0.897. The van der Waals surface area contributed by atoms with Crippen molar-refractivity contribution in [3.63, 3.8) is 0 Å². The van der Waals surface area contributed by atoms with Crippen LogP contribution in [0, 0.1) is 5.92 Å². The Bertz CT molecular complexity index is 532. The predicted molar refractivity (Wildman–Crippen MR) is 90.1 cm³/mol. The third kappa shape index (κ3) is 5.61. The van der Waals surface area contributed by atoms with Gasteiger partial charge in [-0.15, -0.1) is 24.0 Å². The number of likely N-dealkylation sites (tertiary alicyclic amines) is 1. The van der Waals surface area contributed by atoms with Crippen LogP contribution in [-0.2, 0) is 17.5 Å². The highest BCUT2D eigenvalue weighted by atomic mass is 127. The molecule has 1 atom stereocenters. The lowest BCUT2D eigenvalue weighted by atomic mass is 9.90. The highest BCUT2D eigenvalue weighted by Gasteiger charge is 2.31. The third-order valence-corrected chi connectivity index (χ3v) is 4.03. The van der Waals surface area contributed by atoms with Crippen LogP contribution >= 0.6 is 24.0 Å². The summed E-state index contributed by atoms with van der Waals surface area (Å²) in [6.45, 7) is 1.65. The van der Waals surface area contributed by atoms with Crippen molar-refractivity contribution >= 4 is 29.9 Å². The van der Waals surface area contributed by atoms with Crippen LogP contribution in [0.25, 0.3) is 0 Å². The van der Waals surface area contributed by atoms with Gasteiger partial charge in [-0.1, -0.05) is 18.2 Å². The number of nitrogens with zero attached hydrogens (tertiary/aromatic N) is 1. The number of primary amides is 1. The SMILES string of the molecule is I.NC(=O)C(O)C1CCN(Cc2cccc(C(F)(F)F)c2)CC1. The minimum atomic E-state index is -4.34. The molecule has 1 fully saturated rings. The number of benzene rings is 1. The van der Waals surface area contributed by atoms with E-state index in [0.717, 1.165) is 12.1 Å². The van der Waals surface area contributed by atoms with Crippen molar-refractivity contribution in [2.45, 2.75) is 31.7 Å². The van der Waals surface area contributed by atoms with Gasteiger partial charge in [0.05, 0.1) is 5.56 Å². The maximum absolute atomic E-state index is 12.7. The summed E-state index contributed by atoms with van der Waals surface area (Å²) in [7, 11) is 0. The molecule has 2 rings (SSSR count). The van der Waals surface area contributed by atoms with E-state index in [0.29, 0.717) is 38.0 Å². The Morgan fingerprint density at radius 2 is 1.96 bits per heavy atom. The minimum Gasteiger partial charge on any atom is -0.383 e. The van der Waals surface area contributed by atoms with Crippen molar-refractivity contribution in [3.8, 4) is 0 Å². The van der Waals surface area contributed by atoms with Crippen LogP contribution in [0.15, 0.2) is 24.3 Å². The number of nitrogens with two attached hydrogens (primary N) is 1. The van der Waals surface area contributed by atoms with Crippen LogP contribution in [0.1, 0.15) is 24.0 Å². The molecule has 3 N–H and O–H groups in total. The normalized spacial score (nSPS) is 18.3. The first-order chi connectivity index (χ1) is 10.3. The quantitative estimate of drug-likeness (QED) is 0.702. The molecule has 1 aliphatic heterocycles. The number of carbonyl (C=O) groups is 1. The molecule has 23 heavy (non-hydrogen) atoms. The van der Waals surface area contributed by atoms with Crippen molar-refractivity contribution < 1.29 is 23.1 Å². The van der Waals surface area contributed by atoms with E-state index in [9.17, 15) is 23.1 Å². The molecule has 1 amide bonds. The Morgan fingerprint density at radius 1 is 1.35 bits per heavy atom. The molecule has 1 unspecified atom stereocenters. The van der Waals surface area contributed by atoms with Gasteiger partial charge in [-0.05, 0) is 43.5 Å². The van der Waals surface area contributed by atoms with E-state index in [2.05, 4.69) is 0 Å². The summed E-state index contributed by atoms with van der Waals surface area (Å²) in [4.78, 5) is 13.0. The average Bonchev–Trinajstić information content (AvgIpc) is 2.46. The molecule has 1 saturated heterocycles. The zero-order chi connectivity index (χ0) is 16.3. The lowest BCUT2D eigenvalue weighted by Crippen LogP contribution is -2.42. The Balaban J connectivity index is 0.00000264. The maximum Gasteiger partial charge on any atom is 0.416 e. The molecule has 8 heteroatoms. The summed E-state index contributed by atoms with van der Waals surface area (Å²) in [6.07, 6.45) is -4.28. The van der Waals surface area contributed by atoms with Crippen molar-refractivity contribution in [1.29, 1.82) is 0 Å². The molecule has 1 aromatic carbocycles. The van der Waals surface area contributed by atoms with Gasteiger partial charge in [-0.2, -0.15) is 13.2 Å². The second-order valence-electron chi connectivity index (χ2n) is 5.66. The van der Waals surface area contributed by atoms with Gasteiger partial charge in [0.15, 0.2) is 0 Å². The standard InChI is InChI=1S/C15H19F3N2O2.HI/c16-15(17,18)12-3-1-2-10(8-12)9-20-6-4-11(5-7-20)13(21)14(19)22;/h1-3,8,11,13,21H,4-7,9H2,(H2,19,22);1H. The van der Waals surface area contributed by atoms with Crippen LogP contribution in [0.2, 0.25) is 0 Å². The molecule has 0 aromatic heterocycles. The van der Waals surface area contributed by atoms with E-state index in [1.165, 1.54) is 6.07 Å². The number of carbonyl (C=O) groups excluding carboxylic acids is 1. The van der Waals surface area contributed by atoms with Gasteiger partial charge in [-0.25, -0.2) is 0 Å². The van der Waals surface area contributed by atoms with Crippen molar-refractivity contribution in [2.24, 2.45) is 11.7 Å². The number of aliphatic hydroxyl groups excluding tert-OH is 1. The largest absolute Gasteiger partial charge is 0.416 e. The lowest BCUT2D eigenvalue weighted by molar-refractivity contribution is -0.137. The Labute approximate surface area is 149 Å². The van der Waals surface area contributed by atoms with E-state index < -0.39 is 23.8 Å². The highest BCUT2D eigenvalue weighted by Crippen LogP contribution is 2.30. The van der Waals surface area contributed by atoms with Crippen LogP contribution in [0.3, 0.4) is 0 Å². The molecule has 0 bridgehead atoms. The number of aliphatic hydroxyl groups is 1. The number of halogens is 4. The topological polar surface area (TPSA) is 66.6 Å². The molecule has 1 heterocycles. The first-order valence-electron chi connectivity index (χ1n) is 7.13. The van der Waals surface area contributed by atoms with E-state index in [1.54, 1.807) is 6.07 Å². The molecule has 0 spiro atoms. The van der Waals surface area contributed by atoms with Crippen LogP contribution in [0.4, 0.5) is 13.2 Å². The fourth-order valence-corrected chi connectivity index (χ4v) is 2.76. The Morgan fingerprint density at radius 3 is 2.48 bits per heavy atom. The summed E-state index contributed by atoms with van der Waals surface area (Å²) in [6, 6.07) is 5.28. The van der Waals surface area contributed by atoms with Gasteiger partial charge in [0.25, 0.3) is 0 Å². The first-order valence-corrected chi connectivity index (χ1v) is 7.13. The number of amides is 1. The van der Waals surface area contributed by atoms with Gasteiger partial charge < -0.3 is 10.8 Å². The summed E-state index contributed by atoms with van der Waals surface area (Å²) < 4.78 is 38.0. The van der Waals surface area contributed by atoms with Crippen molar-refractivity contribution in [2.75, 3.05) is 13.1 Å². The molecule has 0 aliphatic carbocycles. The Kier molecular flexibility index (Phi) is 7.28. The third-order valence-electron chi connectivity index (χ3n) is 4.03. The predicted octanol–water partition coefficient (Wildman–Crippen LogP) is 2.38. The van der Waals surface area contributed by atoms with Gasteiger partial charge in [-0.3, -0.25) is 9.69 Å².